The first-order valence-electron chi connectivity index (χ1n) is 7.73. The fraction of sp³-hybridized carbons (Fsp3) is 0.647. The topological polar surface area (TPSA) is 30.5 Å². The van der Waals surface area contributed by atoms with Gasteiger partial charge in [-0.2, -0.15) is 0 Å². The van der Waals surface area contributed by atoms with Gasteiger partial charge in [0.05, 0.1) is 23.8 Å². The first-order chi connectivity index (χ1) is 10.0. The lowest BCUT2D eigenvalue weighted by Crippen LogP contribution is -2.43. The van der Waals surface area contributed by atoms with Crippen molar-refractivity contribution in [2.75, 3.05) is 20.3 Å². The van der Waals surface area contributed by atoms with Crippen LogP contribution in [0.25, 0.3) is 0 Å². The fourth-order valence-corrected chi connectivity index (χ4v) is 2.74. The van der Waals surface area contributed by atoms with Gasteiger partial charge in [-0.15, -0.1) is 0 Å². The number of nitrogens with one attached hydrogen (secondary N) is 1. The molecule has 0 saturated carbocycles. The number of hydrogen-bond acceptors (Lipinski definition) is 3. The summed E-state index contributed by atoms with van der Waals surface area (Å²) in [4.78, 5) is 0. The maximum atomic E-state index is 6.14. The smallest absolute Gasteiger partial charge is 0.137 e. The molecule has 0 saturated heterocycles. The van der Waals surface area contributed by atoms with Gasteiger partial charge in [-0.1, -0.05) is 31.5 Å². The lowest BCUT2D eigenvalue weighted by Gasteiger charge is -2.38. The van der Waals surface area contributed by atoms with Gasteiger partial charge >= 0.3 is 0 Å². The number of ether oxygens (including phenoxy) is 2. The van der Waals surface area contributed by atoms with E-state index in [9.17, 15) is 0 Å². The van der Waals surface area contributed by atoms with Crippen molar-refractivity contribution in [1.29, 1.82) is 0 Å². The zero-order valence-corrected chi connectivity index (χ0v) is 14.6. The first-order valence-corrected chi connectivity index (χ1v) is 8.10. The predicted octanol–water partition coefficient (Wildman–Crippen LogP) is 4.59. The Kier molecular flexibility index (Phi) is 7.50. The molecule has 0 aliphatic carbocycles. The van der Waals surface area contributed by atoms with Gasteiger partial charge in [0.15, 0.2) is 0 Å². The van der Waals surface area contributed by atoms with Crippen LogP contribution in [0.5, 0.6) is 5.75 Å². The Morgan fingerprint density at radius 1 is 1.29 bits per heavy atom. The van der Waals surface area contributed by atoms with Crippen LogP contribution in [0, 0.1) is 0 Å². The summed E-state index contributed by atoms with van der Waals surface area (Å²) >= 11 is 6.14. The first kappa shape index (κ1) is 18.3. The zero-order valence-electron chi connectivity index (χ0n) is 13.8. The monoisotopic (exact) mass is 313 g/mol. The van der Waals surface area contributed by atoms with E-state index in [0.29, 0.717) is 17.4 Å². The summed E-state index contributed by atoms with van der Waals surface area (Å²) in [5, 5.41) is 4.24. The molecule has 21 heavy (non-hydrogen) atoms. The standard InChI is InChI=1S/C17H28ClNO2/c1-6-11-19-16(17(4,7-2)21-8-3)13-9-10-14(18)15(12-13)20-5/h9-10,12,16,19H,6-8,11H2,1-5H3. The summed E-state index contributed by atoms with van der Waals surface area (Å²) in [7, 11) is 1.64. The molecule has 0 aromatic heterocycles. The molecule has 0 bridgehead atoms. The van der Waals surface area contributed by atoms with Crippen molar-refractivity contribution in [1.82, 2.24) is 5.32 Å². The van der Waals surface area contributed by atoms with Crippen molar-refractivity contribution in [3.63, 3.8) is 0 Å². The Bertz CT molecular complexity index is 439. The molecular formula is C17H28ClNO2. The molecule has 3 nitrogen and oxygen atoms in total. The number of hydrogen-bond donors (Lipinski definition) is 1. The predicted molar refractivity (Wildman–Crippen MR) is 89.4 cm³/mol. The normalized spacial score (nSPS) is 15.5. The average Bonchev–Trinajstić information content (AvgIpc) is 2.49. The van der Waals surface area contributed by atoms with Crippen LogP contribution in [0.4, 0.5) is 0 Å². The quantitative estimate of drug-likeness (QED) is 0.723. The van der Waals surface area contributed by atoms with E-state index < -0.39 is 0 Å². The molecule has 2 atom stereocenters. The van der Waals surface area contributed by atoms with Gasteiger partial charge in [0.25, 0.3) is 0 Å². The molecule has 0 aliphatic heterocycles. The molecule has 0 spiro atoms. The van der Waals surface area contributed by atoms with Crippen LogP contribution in [-0.4, -0.2) is 25.9 Å². The van der Waals surface area contributed by atoms with Crippen LogP contribution in [0.3, 0.4) is 0 Å². The van der Waals surface area contributed by atoms with E-state index in [1.165, 1.54) is 0 Å². The third-order valence-electron chi connectivity index (χ3n) is 3.89. The summed E-state index contributed by atoms with van der Waals surface area (Å²) in [6.07, 6.45) is 2.00. The number of benzene rings is 1. The van der Waals surface area contributed by atoms with Gasteiger partial charge in [-0.05, 0) is 50.9 Å². The highest BCUT2D eigenvalue weighted by atomic mass is 35.5. The molecule has 0 radical (unpaired) electrons. The van der Waals surface area contributed by atoms with Gasteiger partial charge in [-0.25, -0.2) is 0 Å². The van der Waals surface area contributed by atoms with E-state index in [0.717, 1.165) is 24.9 Å². The van der Waals surface area contributed by atoms with Gasteiger partial charge in [-0.3, -0.25) is 0 Å². The third kappa shape index (κ3) is 4.60. The molecule has 1 N–H and O–H groups in total. The maximum absolute atomic E-state index is 6.14. The minimum atomic E-state index is -0.261. The minimum Gasteiger partial charge on any atom is -0.495 e. The fourth-order valence-electron chi connectivity index (χ4n) is 2.55. The van der Waals surface area contributed by atoms with E-state index in [2.05, 4.69) is 26.1 Å². The molecule has 0 fully saturated rings. The average molecular weight is 314 g/mol. The molecule has 120 valence electrons. The summed E-state index contributed by atoms with van der Waals surface area (Å²) in [6, 6.07) is 6.04. The second kappa shape index (κ2) is 8.62. The SMILES string of the molecule is CCCNC(c1ccc(Cl)c(OC)c1)C(C)(CC)OCC. The van der Waals surface area contributed by atoms with E-state index >= 15 is 0 Å². The van der Waals surface area contributed by atoms with Gasteiger partial charge in [0.1, 0.15) is 5.75 Å². The zero-order chi connectivity index (χ0) is 15.9. The van der Waals surface area contributed by atoms with Crippen LogP contribution in [0.15, 0.2) is 18.2 Å². The van der Waals surface area contributed by atoms with E-state index in [4.69, 9.17) is 21.1 Å². The van der Waals surface area contributed by atoms with Crippen molar-refractivity contribution in [3.05, 3.63) is 28.8 Å². The van der Waals surface area contributed by atoms with Crippen LogP contribution in [0.2, 0.25) is 5.02 Å². The summed E-state index contributed by atoms with van der Waals surface area (Å²) < 4.78 is 11.4. The molecule has 1 aromatic carbocycles. The summed E-state index contributed by atoms with van der Waals surface area (Å²) in [5.41, 5.74) is 0.880. The van der Waals surface area contributed by atoms with Gasteiger partial charge in [0, 0.05) is 6.61 Å². The van der Waals surface area contributed by atoms with Crippen molar-refractivity contribution in [2.45, 2.75) is 52.2 Å². The Morgan fingerprint density at radius 3 is 2.52 bits per heavy atom. The highest BCUT2D eigenvalue weighted by Crippen LogP contribution is 2.35. The van der Waals surface area contributed by atoms with Crippen molar-refractivity contribution >= 4 is 11.6 Å². The maximum Gasteiger partial charge on any atom is 0.137 e. The van der Waals surface area contributed by atoms with Crippen molar-refractivity contribution in [2.24, 2.45) is 0 Å². The lowest BCUT2D eigenvalue weighted by atomic mass is 9.87. The number of methoxy groups -OCH3 is 1. The second-order valence-electron chi connectivity index (χ2n) is 5.38. The summed E-state index contributed by atoms with van der Waals surface area (Å²) in [6.45, 7) is 10.1. The molecule has 0 aliphatic rings. The van der Waals surface area contributed by atoms with E-state index in [-0.39, 0.29) is 11.6 Å². The van der Waals surface area contributed by atoms with Crippen molar-refractivity contribution in [3.8, 4) is 5.75 Å². The van der Waals surface area contributed by atoms with Gasteiger partial charge < -0.3 is 14.8 Å². The van der Waals surface area contributed by atoms with Crippen LogP contribution < -0.4 is 10.1 Å². The van der Waals surface area contributed by atoms with Crippen LogP contribution in [-0.2, 0) is 4.74 Å². The second-order valence-corrected chi connectivity index (χ2v) is 5.79. The summed E-state index contributed by atoms with van der Waals surface area (Å²) in [5.74, 6) is 0.701. The molecule has 1 aromatic rings. The van der Waals surface area contributed by atoms with Gasteiger partial charge in [0.2, 0.25) is 0 Å². The molecule has 0 amide bonds. The Morgan fingerprint density at radius 2 is 2.00 bits per heavy atom. The molecule has 4 heteroatoms. The van der Waals surface area contributed by atoms with E-state index in [1.54, 1.807) is 7.11 Å². The number of halogens is 1. The van der Waals surface area contributed by atoms with Crippen LogP contribution in [0.1, 0.15) is 52.1 Å². The minimum absolute atomic E-state index is 0.105. The van der Waals surface area contributed by atoms with Crippen LogP contribution >= 0.6 is 11.6 Å². The Hall–Kier alpha value is -0.770. The highest BCUT2D eigenvalue weighted by molar-refractivity contribution is 6.32. The highest BCUT2D eigenvalue weighted by Gasteiger charge is 2.34. The van der Waals surface area contributed by atoms with Crippen molar-refractivity contribution < 1.29 is 9.47 Å². The molecule has 1 rings (SSSR count). The Balaban J connectivity index is 3.17. The molecular weight excluding hydrogens is 286 g/mol. The molecule has 2 unspecified atom stereocenters. The van der Waals surface area contributed by atoms with E-state index in [1.807, 2.05) is 25.1 Å². The lowest BCUT2D eigenvalue weighted by molar-refractivity contribution is -0.0563. The molecule has 0 heterocycles. The Labute approximate surface area is 134 Å². The number of rotatable bonds is 9. The largest absolute Gasteiger partial charge is 0.495 e. The third-order valence-corrected chi connectivity index (χ3v) is 4.21.